The smallest absolute Gasteiger partial charge is 0.335 e. The Balaban J connectivity index is 1.97. The third-order valence-corrected chi connectivity index (χ3v) is 4.88. The molecule has 3 aromatic rings. The number of carboxylic acid groups (broad SMARTS) is 1. The third kappa shape index (κ3) is 4.15. The highest BCUT2D eigenvalue weighted by Gasteiger charge is 2.15. The number of nitrogens with zero attached hydrogens (tertiary/aromatic N) is 2. The van der Waals surface area contributed by atoms with Crippen LogP contribution in [0.25, 0.3) is 11.8 Å². The molecular weight excluding hydrogens is 378 g/mol. The summed E-state index contributed by atoms with van der Waals surface area (Å²) in [5.41, 5.74) is 4.80. The average Bonchev–Trinajstić information content (AvgIpc) is 3.00. The van der Waals surface area contributed by atoms with Crippen molar-refractivity contribution in [3.05, 3.63) is 88.2 Å². The van der Waals surface area contributed by atoms with Gasteiger partial charge in [-0.1, -0.05) is 24.3 Å². The molecule has 0 aliphatic heterocycles. The van der Waals surface area contributed by atoms with Gasteiger partial charge >= 0.3 is 5.97 Å². The van der Waals surface area contributed by atoms with Crippen LogP contribution in [0.1, 0.15) is 32.9 Å². The first-order chi connectivity index (χ1) is 14.3. The fourth-order valence-electron chi connectivity index (χ4n) is 3.32. The number of carboxylic acids is 1. The lowest BCUT2D eigenvalue weighted by molar-refractivity contribution is -0.112. The van der Waals surface area contributed by atoms with E-state index in [1.54, 1.807) is 24.3 Å². The molecule has 150 valence electrons. The molecule has 0 aliphatic carbocycles. The van der Waals surface area contributed by atoms with Crippen LogP contribution in [0, 0.1) is 32.1 Å². The lowest BCUT2D eigenvalue weighted by atomic mass is 10.1. The summed E-state index contributed by atoms with van der Waals surface area (Å²) in [4.78, 5) is 23.9. The fourth-order valence-corrected chi connectivity index (χ4v) is 3.32. The van der Waals surface area contributed by atoms with Crippen molar-refractivity contribution in [1.82, 2.24) is 4.57 Å². The van der Waals surface area contributed by atoms with Crippen LogP contribution in [0.3, 0.4) is 0 Å². The highest BCUT2D eigenvalue weighted by molar-refractivity contribution is 6.10. The molecule has 0 atom stereocenters. The number of amides is 1. The van der Waals surface area contributed by atoms with Crippen LogP contribution in [0.2, 0.25) is 0 Å². The molecule has 0 bridgehead atoms. The summed E-state index contributed by atoms with van der Waals surface area (Å²) >= 11 is 0. The minimum absolute atomic E-state index is 0.0159. The van der Waals surface area contributed by atoms with Crippen molar-refractivity contribution in [2.24, 2.45) is 0 Å². The molecule has 0 saturated carbocycles. The monoisotopic (exact) mass is 399 g/mol. The maximum Gasteiger partial charge on any atom is 0.335 e. The maximum atomic E-state index is 12.6. The molecule has 2 aromatic carbocycles. The molecule has 6 nitrogen and oxygen atoms in total. The summed E-state index contributed by atoms with van der Waals surface area (Å²) < 4.78 is 1.90. The Morgan fingerprint density at radius 2 is 1.80 bits per heavy atom. The minimum atomic E-state index is -1.00. The quantitative estimate of drug-likeness (QED) is 0.482. The van der Waals surface area contributed by atoms with Gasteiger partial charge in [0.1, 0.15) is 11.6 Å². The van der Waals surface area contributed by atoms with Gasteiger partial charge < -0.3 is 15.0 Å². The first-order valence-corrected chi connectivity index (χ1v) is 9.33. The Hall–Kier alpha value is -4.11. The number of aromatic carboxylic acids is 1. The number of aryl methyl sites for hydroxylation is 2. The molecule has 0 aliphatic rings. The number of rotatable bonds is 5. The Morgan fingerprint density at radius 1 is 1.07 bits per heavy atom. The maximum absolute atomic E-state index is 12.6. The van der Waals surface area contributed by atoms with Gasteiger partial charge in [0.05, 0.1) is 5.56 Å². The highest BCUT2D eigenvalue weighted by Crippen LogP contribution is 2.24. The van der Waals surface area contributed by atoms with Gasteiger partial charge in [0.2, 0.25) is 0 Å². The van der Waals surface area contributed by atoms with Gasteiger partial charge in [0.15, 0.2) is 0 Å². The standard InChI is InChI=1S/C24H21N3O3/c1-15-7-4-5-10-22(15)26-23(28)20(14-25)12-19-11-16(2)27(17(19)3)21-9-6-8-18(13-21)24(29)30/h4-13H,1-3H3,(H,26,28)(H,29,30). The first-order valence-electron chi connectivity index (χ1n) is 9.33. The minimum Gasteiger partial charge on any atom is -0.478 e. The Labute approximate surface area is 174 Å². The number of anilines is 1. The predicted octanol–water partition coefficient (Wildman–Crippen LogP) is 4.65. The molecule has 0 unspecified atom stereocenters. The normalized spacial score (nSPS) is 11.1. The molecule has 30 heavy (non-hydrogen) atoms. The zero-order valence-corrected chi connectivity index (χ0v) is 16.9. The van der Waals surface area contributed by atoms with E-state index in [1.165, 1.54) is 6.07 Å². The zero-order valence-electron chi connectivity index (χ0n) is 16.9. The second-order valence-electron chi connectivity index (χ2n) is 6.96. The third-order valence-electron chi connectivity index (χ3n) is 4.88. The molecular formula is C24H21N3O3. The highest BCUT2D eigenvalue weighted by atomic mass is 16.4. The summed E-state index contributed by atoms with van der Waals surface area (Å²) in [7, 11) is 0. The van der Waals surface area contributed by atoms with Crippen molar-refractivity contribution < 1.29 is 14.7 Å². The molecule has 1 amide bonds. The van der Waals surface area contributed by atoms with Gasteiger partial charge in [-0.15, -0.1) is 0 Å². The van der Waals surface area contributed by atoms with E-state index in [2.05, 4.69) is 5.32 Å². The van der Waals surface area contributed by atoms with Crippen LogP contribution >= 0.6 is 0 Å². The van der Waals surface area contributed by atoms with Crippen LogP contribution in [0.5, 0.6) is 0 Å². The molecule has 6 heteroatoms. The van der Waals surface area contributed by atoms with Crippen molar-refractivity contribution in [2.45, 2.75) is 20.8 Å². The van der Waals surface area contributed by atoms with Crippen LogP contribution < -0.4 is 5.32 Å². The molecule has 1 heterocycles. The lowest BCUT2D eigenvalue weighted by Crippen LogP contribution is -2.14. The van der Waals surface area contributed by atoms with Gasteiger partial charge in [-0.2, -0.15) is 5.26 Å². The number of nitriles is 1. The van der Waals surface area contributed by atoms with Crippen molar-refractivity contribution in [2.75, 3.05) is 5.32 Å². The molecule has 3 rings (SSSR count). The number of carbonyl (C=O) groups is 2. The number of benzene rings is 2. The van der Waals surface area contributed by atoms with Gasteiger partial charge in [0, 0.05) is 22.8 Å². The predicted molar refractivity (Wildman–Crippen MR) is 116 cm³/mol. The van der Waals surface area contributed by atoms with E-state index in [0.717, 1.165) is 17.0 Å². The lowest BCUT2D eigenvalue weighted by Gasteiger charge is -2.10. The average molecular weight is 399 g/mol. The summed E-state index contributed by atoms with van der Waals surface area (Å²) in [6.45, 7) is 5.63. The number of para-hydroxylation sites is 1. The number of hydrogen-bond donors (Lipinski definition) is 2. The Bertz CT molecular complexity index is 1210. The first kappa shape index (κ1) is 20.6. The van der Waals surface area contributed by atoms with Gasteiger partial charge in [-0.05, 0) is 68.3 Å². The summed E-state index contributed by atoms with van der Waals surface area (Å²) in [6, 6.07) is 17.8. The van der Waals surface area contributed by atoms with E-state index in [-0.39, 0.29) is 11.1 Å². The number of nitrogens with one attached hydrogen (secondary N) is 1. The van der Waals surface area contributed by atoms with Gasteiger partial charge in [-0.3, -0.25) is 4.79 Å². The van der Waals surface area contributed by atoms with Crippen molar-refractivity contribution in [1.29, 1.82) is 5.26 Å². The number of aromatic nitrogens is 1. The van der Waals surface area contributed by atoms with Gasteiger partial charge in [-0.25, -0.2) is 4.79 Å². The van der Waals surface area contributed by atoms with Gasteiger partial charge in [0.25, 0.3) is 5.91 Å². The molecule has 0 fully saturated rings. The van der Waals surface area contributed by atoms with Crippen LogP contribution in [-0.4, -0.2) is 21.6 Å². The summed E-state index contributed by atoms with van der Waals surface area (Å²) in [6.07, 6.45) is 1.55. The van der Waals surface area contributed by atoms with E-state index < -0.39 is 11.9 Å². The number of hydrogen-bond acceptors (Lipinski definition) is 3. The van der Waals surface area contributed by atoms with E-state index in [9.17, 15) is 20.0 Å². The van der Waals surface area contributed by atoms with Crippen molar-refractivity contribution in [3.63, 3.8) is 0 Å². The van der Waals surface area contributed by atoms with E-state index in [1.807, 2.05) is 61.7 Å². The van der Waals surface area contributed by atoms with Crippen LogP contribution in [0.15, 0.2) is 60.2 Å². The number of carbonyl (C=O) groups excluding carboxylic acids is 1. The van der Waals surface area contributed by atoms with Crippen LogP contribution in [0.4, 0.5) is 5.69 Å². The second-order valence-corrected chi connectivity index (χ2v) is 6.96. The zero-order chi connectivity index (χ0) is 21.8. The second kappa shape index (κ2) is 8.50. The SMILES string of the molecule is Cc1ccccc1NC(=O)C(C#N)=Cc1cc(C)n(-c2cccc(C(=O)O)c2)c1C. The molecule has 0 radical (unpaired) electrons. The van der Waals surface area contributed by atoms with E-state index in [0.29, 0.717) is 16.9 Å². The largest absolute Gasteiger partial charge is 0.478 e. The van der Waals surface area contributed by atoms with Crippen molar-refractivity contribution >= 4 is 23.6 Å². The van der Waals surface area contributed by atoms with E-state index in [4.69, 9.17) is 0 Å². The fraction of sp³-hybridized carbons (Fsp3) is 0.125. The Morgan fingerprint density at radius 3 is 2.47 bits per heavy atom. The van der Waals surface area contributed by atoms with Crippen LogP contribution in [-0.2, 0) is 4.79 Å². The molecule has 2 N–H and O–H groups in total. The summed E-state index contributed by atoms with van der Waals surface area (Å²) in [5, 5.41) is 21.6. The molecule has 0 spiro atoms. The van der Waals surface area contributed by atoms with Crippen molar-refractivity contribution in [3.8, 4) is 11.8 Å². The Kier molecular flexibility index (Phi) is 5.84. The summed E-state index contributed by atoms with van der Waals surface area (Å²) in [5.74, 6) is -1.48. The molecule has 1 aromatic heterocycles. The topological polar surface area (TPSA) is 95.1 Å². The van der Waals surface area contributed by atoms with E-state index >= 15 is 0 Å². The molecule has 0 saturated heterocycles.